The van der Waals surface area contributed by atoms with Gasteiger partial charge in [-0.15, -0.1) is 0 Å². The Bertz CT molecular complexity index is 877. The van der Waals surface area contributed by atoms with Crippen LogP contribution in [0.25, 0.3) is 0 Å². The third kappa shape index (κ3) is 4.27. The number of nitrogens with zero attached hydrogens (tertiary/aromatic N) is 6. The van der Waals surface area contributed by atoms with Gasteiger partial charge in [-0.2, -0.15) is 20.2 Å². The van der Waals surface area contributed by atoms with E-state index in [1.165, 1.54) is 0 Å². The zero-order valence-corrected chi connectivity index (χ0v) is 14.3. The Morgan fingerprint density at radius 2 is 1.96 bits per heavy atom. The van der Waals surface area contributed by atoms with Crippen molar-refractivity contribution >= 4 is 11.9 Å². The normalized spacial score (nSPS) is 11.4. The molecule has 3 heterocycles. The number of rotatable bonds is 7. The quantitative estimate of drug-likeness (QED) is 0.668. The molecule has 2 N–H and O–H groups in total. The van der Waals surface area contributed by atoms with Crippen molar-refractivity contribution in [3.8, 4) is 6.07 Å². The Balaban J connectivity index is 1.79. The van der Waals surface area contributed by atoms with Crippen LogP contribution in [0.15, 0.2) is 48.9 Å². The largest absolute Gasteiger partial charge is 0.357 e. The molecule has 0 amide bonds. The van der Waals surface area contributed by atoms with Gasteiger partial charge < -0.3 is 10.6 Å². The van der Waals surface area contributed by atoms with Crippen LogP contribution in [0.1, 0.15) is 23.0 Å². The Morgan fingerprint density at radius 3 is 2.65 bits per heavy atom. The Labute approximate surface area is 151 Å². The smallest absolute Gasteiger partial charge is 0.227 e. The maximum Gasteiger partial charge on any atom is 0.227 e. The zero-order valence-electron chi connectivity index (χ0n) is 14.3. The minimum absolute atomic E-state index is 0.356. The molecule has 26 heavy (non-hydrogen) atoms. The SMILES string of the molecule is CNc1nc(NCCc2cccnc2)nc(C(C#N)c2ccccn2)n1. The summed E-state index contributed by atoms with van der Waals surface area (Å²) in [5, 5.41) is 15.7. The van der Waals surface area contributed by atoms with E-state index in [1.807, 2.05) is 24.4 Å². The fourth-order valence-corrected chi connectivity index (χ4v) is 2.38. The molecule has 3 aromatic heterocycles. The number of nitriles is 1. The Hall–Kier alpha value is -3.60. The molecule has 0 radical (unpaired) electrons. The minimum Gasteiger partial charge on any atom is -0.357 e. The van der Waals surface area contributed by atoms with Crippen molar-refractivity contribution in [3.05, 3.63) is 66.0 Å². The first-order chi connectivity index (χ1) is 12.8. The fourth-order valence-electron chi connectivity index (χ4n) is 2.38. The molecule has 0 saturated carbocycles. The summed E-state index contributed by atoms with van der Waals surface area (Å²) in [6.07, 6.45) is 6.00. The van der Waals surface area contributed by atoms with Crippen LogP contribution in [0, 0.1) is 11.3 Å². The highest BCUT2D eigenvalue weighted by Gasteiger charge is 2.20. The molecular formula is C18H18N8. The van der Waals surface area contributed by atoms with Crippen molar-refractivity contribution in [2.75, 3.05) is 24.2 Å². The van der Waals surface area contributed by atoms with E-state index < -0.39 is 5.92 Å². The van der Waals surface area contributed by atoms with Gasteiger partial charge >= 0.3 is 0 Å². The first kappa shape index (κ1) is 17.2. The number of anilines is 2. The van der Waals surface area contributed by atoms with Crippen LogP contribution in [0.3, 0.4) is 0 Å². The highest BCUT2D eigenvalue weighted by atomic mass is 15.2. The second-order valence-corrected chi connectivity index (χ2v) is 5.45. The highest BCUT2D eigenvalue weighted by Crippen LogP contribution is 2.20. The van der Waals surface area contributed by atoms with Crippen LogP contribution in [0.4, 0.5) is 11.9 Å². The summed E-state index contributed by atoms with van der Waals surface area (Å²) in [6, 6.07) is 11.6. The van der Waals surface area contributed by atoms with Crippen LogP contribution in [-0.2, 0) is 6.42 Å². The summed E-state index contributed by atoms with van der Waals surface area (Å²) in [5.41, 5.74) is 1.72. The molecule has 0 fully saturated rings. The molecule has 0 aromatic carbocycles. The Morgan fingerprint density at radius 1 is 1.08 bits per heavy atom. The van der Waals surface area contributed by atoms with Gasteiger partial charge in [0.05, 0.1) is 11.8 Å². The summed E-state index contributed by atoms with van der Waals surface area (Å²) < 4.78 is 0. The number of pyridine rings is 2. The van der Waals surface area contributed by atoms with Crippen molar-refractivity contribution < 1.29 is 0 Å². The predicted octanol–water partition coefficient (Wildman–Crippen LogP) is 2.01. The molecule has 0 saturated heterocycles. The third-order valence-corrected chi connectivity index (χ3v) is 3.67. The van der Waals surface area contributed by atoms with Gasteiger partial charge in [0.1, 0.15) is 5.92 Å². The predicted molar refractivity (Wildman–Crippen MR) is 97.5 cm³/mol. The standard InChI is InChI=1S/C18H18N8/c1-20-17-24-16(14(11-19)15-6-2-3-9-22-15)25-18(26-17)23-10-7-13-5-4-8-21-12-13/h2-6,8-9,12,14H,7,10H2,1H3,(H2,20,23,24,25,26). The van der Waals surface area contributed by atoms with E-state index in [0.717, 1.165) is 12.0 Å². The lowest BCUT2D eigenvalue weighted by molar-refractivity contribution is 0.835. The average molecular weight is 346 g/mol. The van der Waals surface area contributed by atoms with Gasteiger partial charge in [0.2, 0.25) is 11.9 Å². The summed E-state index contributed by atoms with van der Waals surface area (Å²) >= 11 is 0. The molecule has 0 aliphatic rings. The molecule has 8 heteroatoms. The van der Waals surface area contributed by atoms with Gasteiger partial charge in [0.25, 0.3) is 0 Å². The summed E-state index contributed by atoms with van der Waals surface area (Å²) in [7, 11) is 1.72. The maximum absolute atomic E-state index is 9.57. The minimum atomic E-state index is -0.662. The van der Waals surface area contributed by atoms with Gasteiger partial charge in [-0.3, -0.25) is 9.97 Å². The van der Waals surface area contributed by atoms with Crippen molar-refractivity contribution in [1.82, 2.24) is 24.9 Å². The van der Waals surface area contributed by atoms with Gasteiger partial charge in [-0.25, -0.2) is 0 Å². The van der Waals surface area contributed by atoms with Crippen LogP contribution in [-0.4, -0.2) is 38.5 Å². The van der Waals surface area contributed by atoms with E-state index in [0.29, 0.717) is 30.0 Å². The third-order valence-electron chi connectivity index (χ3n) is 3.67. The van der Waals surface area contributed by atoms with Crippen LogP contribution < -0.4 is 10.6 Å². The molecule has 130 valence electrons. The molecule has 3 rings (SSSR count). The summed E-state index contributed by atoms with van der Waals surface area (Å²) in [6.45, 7) is 0.638. The first-order valence-corrected chi connectivity index (χ1v) is 8.17. The lowest BCUT2D eigenvalue weighted by atomic mass is 10.1. The second kappa shape index (κ2) is 8.48. The van der Waals surface area contributed by atoms with E-state index in [2.05, 4.69) is 41.6 Å². The molecule has 1 atom stereocenters. The van der Waals surface area contributed by atoms with Crippen molar-refractivity contribution in [3.63, 3.8) is 0 Å². The molecule has 3 aromatic rings. The lowest BCUT2D eigenvalue weighted by Gasteiger charge is -2.11. The van der Waals surface area contributed by atoms with Gasteiger partial charge in [0.15, 0.2) is 5.82 Å². The summed E-state index contributed by atoms with van der Waals surface area (Å²) in [4.78, 5) is 21.4. The van der Waals surface area contributed by atoms with Crippen molar-refractivity contribution in [1.29, 1.82) is 5.26 Å². The number of hydrogen-bond acceptors (Lipinski definition) is 8. The molecule has 1 unspecified atom stereocenters. The Kier molecular flexibility index (Phi) is 5.62. The monoisotopic (exact) mass is 346 g/mol. The molecule has 0 bridgehead atoms. The fraction of sp³-hybridized carbons (Fsp3) is 0.222. The number of hydrogen-bond donors (Lipinski definition) is 2. The molecule has 0 aliphatic carbocycles. The van der Waals surface area contributed by atoms with Crippen molar-refractivity contribution in [2.24, 2.45) is 0 Å². The first-order valence-electron chi connectivity index (χ1n) is 8.17. The second-order valence-electron chi connectivity index (χ2n) is 5.45. The van der Waals surface area contributed by atoms with E-state index in [1.54, 1.807) is 31.6 Å². The molecular weight excluding hydrogens is 328 g/mol. The number of nitrogens with one attached hydrogen (secondary N) is 2. The van der Waals surface area contributed by atoms with Gasteiger partial charge in [-0.1, -0.05) is 12.1 Å². The summed E-state index contributed by atoms with van der Waals surface area (Å²) in [5.74, 6) is 0.508. The van der Waals surface area contributed by atoms with Crippen molar-refractivity contribution in [2.45, 2.75) is 12.3 Å². The molecule has 0 aliphatic heterocycles. The molecule has 8 nitrogen and oxygen atoms in total. The molecule has 0 spiro atoms. The topological polar surface area (TPSA) is 112 Å². The van der Waals surface area contributed by atoms with E-state index >= 15 is 0 Å². The van der Waals surface area contributed by atoms with Gasteiger partial charge in [0, 0.05) is 32.2 Å². The van der Waals surface area contributed by atoms with Crippen LogP contribution >= 0.6 is 0 Å². The number of aromatic nitrogens is 5. The van der Waals surface area contributed by atoms with E-state index in [9.17, 15) is 5.26 Å². The van der Waals surface area contributed by atoms with Gasteiger partial charge in [-0.05, 0) is 30.2 Å². The average Bonchev–Trinajstić information content (AvgIpc) is 2.70. The van der Waals surface area contributed by atoms with E-state index in [4.69, 9.17) is 0 Å². The zero-order chi connectivity index (χ0) is 18.2. The lowest BCUT2D eigenvalue weighted by Crippen LogP contribution is -2.14. The maximum atomic E-state index is 9.57. The van der Waals surface area contributed by atoms with Crippen LogP contribution in [0.5, 0.6) is 0 Å². The highest BCUT2D eigenvalue weighted by molar-refractivity contribution is 5.38. The van der Waals surface area contributed by atoms with E-state index in [-0.39, 0.29) is 0 Å². The van der Waals surface area contributed by atoms with Crippen LogP contribution in [0.2, 0.25) is 0 Å².